The van der Waals surface area contributed by atoms with Crippen LogP contribution < -0.4 is 0 Å². The van der Waals surface area contributed by atoms with Crippen LogP contribution in [-0.4, -0.2) is 148 Å². The molecule has 0 aromatic heterocycles. The smallest absolute Gasteiger partial charge is 0.335 e. The van der Waals surface area contributed by atoms with Gasteiger partial charge in [0.15, 0.2) is 0 Å². The summed E-state index contributed by atoms with van der Waals surface area (Å²) in [4.78, 5) is 16.6. The van der Waals surface area contributed by atoms with Gasteiger partial charge in [-0.15, -0.1) is 0 Å². The molecule has 31 heavy (non-hydrogen) atoms. The number of rotatable bonds is 12. The Balaban J connectivity index is 0.000000126. The van der Waals surface area contributed by atoms with Crippen LogP contribution in [0.3, 0.4) is 0 Å². The highest BCUT2D eigenvalue weighted by Gasteiger charge is 2.43. The molecule has 11 nitrogen and oxygen atoms in total. The summed E-state index contributed by atoms with van der Waals surface area (Å²) in [5.74, 6) is 0. The molecule has 7 aliphatic heterocycles. The van der Waals surface area contributed by atoms with E-state index in [2.05, 4.69) is 9.91 Å². The van der Waals surface area contributed by atoms with Crippen molar-refractivity contribution < 1.29 is 33.2 Å². The lowest BCUT2D eigenvalue weighted by molar-refractivity contribution is 0.0383. The monoisotopic (exact) mass is 440 g/mol. The van der Waals surface area contributed by atoms with Crippen LogP contribution in [0.5, 0.6) is 0 Å². The number of amides is 2. The second kappa shape index (κ2) is 8.71. The van der Waals surface area contributed by atoms with Crippen molar-refractivity contribution in [3.05, 3.63) is 0 Å². The predicted octanol–water partition coefficient (Wildman–Crippen LogP) is -1.42. The largest absolute Gasteiger partial charge is 0.372 e. The van der Waals surface area contributed by atoms with Gasteiger partial charge in [0.2, 0.25) is 0 Å². The van der Waals surface area contributed by atoms with Gasteiger partial charge in [0.25, 0.3) is 0 Å². The maximum atomic E-state index is 12.3. The van der Waals surface area contributed by atoms with E-state index in [1.54, 1.807) is 0 Å². The summed E-state index contributed by atoms with van der Waals surface area (Å²) in [6.45, 7) is 11.1. The minimum absolute atomic E-state index is 0.0710. The van der Waals surface area contributed by atoms with Crippen LogP contribution in [0.4, 0.5) is 4.79 Å². The topological polar surface area (TPSA) is 105 Å². The van der Waals surface area contributed by atoms with Gasteiger partial charge in [-0.05, 0) is 0 Å². The van der Waals surface area contributed by atoms with Gasteiger partial charge >= 0.3 is 6.03 Å². The molecule has 7 aliphatic rings. The Morgan fingerprint density at radius 2 is 1.06 bits per heavy atom. The average Bonchev–Trinajstić information content (AvgIpc) is 3.55. The first-order valence-electron chi connectivity index (χ1n) is 11.4. The lowest BCUT2D eigenvalue weighted by atomic mass is 10.3. The number of carbonyl (C=O) groups is 1. The molecule has 0 aromatic carbocycles. The van der Waals surface area contributed by atoms with Gasteiger partial charge in [0, 0.05) is 26.2 Å². The highest BCUT2D eigenvalue weighted by atomic mass is 16.6. The third-order valence-corrected chi connectivity index (χ3v) is 6.18. The fourth-order valence-electron chi connectivity index (χ4n) is 3.91. The van der Waals surface area contributed by atoms with Crippen molar-refractivity contribution >= 4 is 6.03 Å². The second-order valence-corrected chi connectivity index (χ2v) is 9.37. The first-order chi connectivity index (χ1) is 15.2. The summed E-state index contributed by atoms with van der Waals surface area (Å²) < 4.78 is 31.3. The van der Waals surface area contributed by atoms with Crippen molar-refractivity contribution in [2.45, 2.75) is 36.6 Å². The lowest BCUT2D eigenvalue weighted by Crippen LogP contribution is -2.43. The molecule has 11 heteroatoms. The molecule has 0 radical (unpaired) electrons. The molecule has 6 atom stereocenters. The molecule has 0 saturated carbocycles. The molecule has 7 saturated heterocycles. The molecule has 7 heterocycles. The fourth-order valence-corrected chi connectivity index (χ4v) is 3.91. The second-order valence-electron chi connectivity index (χ2n) is 9.37. The van der Waals surface area contributed by atoms with Gasteiger partial charge in [-0.3, -0.25) is 9.91 Å². The molecule has 0 spiro atoms. The Morgan fingerprint density at radius 3 is 1.52 bits per heavy atom. The highest BCUT2D eigenvalue weighted by molar-refractivity contribution is 5.75. The molecule has 6 unspecified atom stereocenters. The zero-order valence-electron chi connectivity index (χ0n) is 17.8. The van der Waals surface area contributed by atoms with E-state index in [-0.39, 0.29) is 24.3 Å². The highest BCUT2D eigenvalue weighted by Crippen LogP contribution is 2.24. The maximum absolute atomic E-state index is 12.3. The maximum Gasteiger partial charge on any atom is 0.335 e. The Morgan fingerprint density at radius 1 is 0.645 bits per heavy atom. The molecule has 174 valence electrons. The minimum Gasteiger partial charge on any atom is -0.372 e. The van der Waals surface area contributed by atoms with E-state index in [0.717, 1.165) is 65.8 Å². The van der Waals surface area contributed by atoms with Gasteiger partial charge in [0.05, 0.1) is 89.9 Å². The van der Waals surface area contributed by atoms with E-state index >= 15 is 0 Å². The number of ether oxygens (including phenoxy) is 6. The first-order valence-corrected chi connectivity index (χ1v) is 11.4. The van der Waals surface area contributed by atoms with Crippen LogP contribution in [0.15, 0.2) is 0 Å². The van der Waals surface area contributed by atoms with Crippen molar-refractivity contribution in [2.75, 3.05) is 85.6 Å². The number of hydrogen-bond donors (Lipinski definition) is 0. The van der Waals surface area contributed by atoms with E-state index in [9.17, 15) is 4.79 Å². The summed E-state index contributed by atoms with van der Waals surface area (Å²) in [6.07, 6.45) is 2.20. The average molecular weight is 440 g/mol. The minimum atomic E-state index is 0.0710. The van der Waals surface area contributed by atoms with E-state index in [1.165, 1.54) is 0 Å². The molecule has 0 aliphatic carbocycles. The SMILES string of the molecule is C1OC1CN(CC1CO1)CC1CO1.O=C1N(CC2CO2)CN(CC2CO2)N1CC1CO1. The number of urea groups is 1. The van der Waals surface area contributed by atoms with Crippen LogP contribution in [0.1, 0.15) is 0 Å². The molecule has 0 bridgehead atoms. The van der Waals surface area contributed by atoms with Crippen molar-refractivity contribution in [2.24, 2.45) is 0 Å². The van der Waals surface area contributed by atoms with Crippen LogP contribution in [-0.2, 0) is 28.4 Å². The molecule has 0 N–H and O–H groups in total. The summed E-state index contributed by atoms with van der Waals surface area (Å²) in [6, 6.07) is 0.0710. The number of carbonyl (C=O) groups excluding carboxylic acids is 1. The summed E-state index contributed by atoms with van der Waals surface area (Å²) in [5, 5.41) is 3.88. The fraction of sp³-hybridized carbons (Fsp3) is 0.950. The molecule has 0 aromatic rings. The zero-order chi connectivity index (χ0) is 20.8. The predicted molar refractivity (Wildman–Crippen MR) is 105 cm³/mol. The third kappa shape index (κ3) is 6.48. The van der Waals surface area contributed by atoms with Crippen molar-refractivity contribution in [1.29, 1.82) is 0 Å². The van der Waals surface area contributed by atoms with Crippen molar-refractivity contribution in [3.63, 3.8) is 0 Å². The summed E-state index contributed by atoms with van der Waals surface area (Å²) >= 11 is 0. The van der Waals surface area contributed by atoms with Gasteiger partial charge in [-0.1, -0.05) is 0 Å². The number of hydrazine groups is 1. The lowest BCUT2D eigenvalue weighted by Gasteiger charge is -2.24. The number of nitrogens with zero attached hydrogens (tertiary/aromatic N) is 4. The van der Waals surface area contributed by atoms with Gasteiger partial charge in [-0.25, -0.2) is 4.79 Å². The van der Waals surface area contributed by atoms with Crippen molar-refractivity contribution in [1.82, 2.24) is 19.8 Å². The standard InChI is InChI=1S/C11H17N3O4.C9H15NO3/c15-11-12(1-8-4-16-8)7-13(2-9-5-17-9)14(11)3-10-6-18-10;1(7-4-11-7)10(2-8-5-12-8)3-9-6-13-9/h8-10H,1-7H2;7-9H,1-6H2. The Kier molecular flexibility index (Phi) is 5.78. The van der Waals surface area contributed by atoms with Gasteiger partial charge in [-0.2, -0.15) is 5.01 Å². The van der Waals surface area contributed by atoms with Crippen LogP contribution in [0.25, 0.3) is 0 Å². The normalized spacial score (nSPS) is 39.5. The number of epoxide rings is 6. The van der Waals surface area contributed by atoms with E-state index in [4.69, 9.17) is 28.4 Å². The number of hydrogen-bond acceptors (Lipinski definition) is 9. The van der Waals surface area contributed by atoms with E-state index < -0.39 is 0 Å². The quantitative estimate of drug-likeness (QED) is 0.338. The van der Waals surface area contributed by atoms with Crippen LogP contribution in [0.2, 0.25) is 0 Å². The Bertz CT molecular complexity index is 614. The van der Waals surface area contributed by atoms with Crippen molar-refractivity contribution in [3.8, 4) is 0 Å². The van der Waals surface area contributed by atoms with Gasteiger partial charge < -0.3 is 33.3 Å². The third-order valence-electron chi connectivity index (χ3n) is 6.18. The molecule has 2 amide bonds. The molecule has 7 rings (SSSR count). The van der Waals surface area contributed by atoms with E-state index in [1.807, 2.05) is 9.91 Å². The zero-order valence-corrected chi connectivity index (χ0v) is 17.8. The molecular formula is C20H32N4O7. The van der Waals surface area contributed by atoms with E-state index in [0.29, 0.717) is 38.1 Å². The Hall–Kier alpha value is -1.05. The van der Waals surface area contributed by atoms with Gasteiger partial charge in [0.1, 0.15) is 6.10 Å². The van der Waals surface area contributed by atoms with Crippen LogP contribution in [0, 0.1) is 0 Å². The summed E-state index contributed by atoms with van der Waals surface area (Å²) in [5.41, 5.74) is 0. The summed E-state index contributed by atoms with van der Waals surface area (Å²) in [7, 11) is 0. The molecule has 7 fully saturated rings. The Labute approximate surface area is 181 Å². The first kappa shape index (κ1) is 20.5. The molecular weight excluding hydrogens is 408 g/mol. The van der Waals surface area contributed by atoms with Crippen LogP contribution >= 0.6 is 0 Å².